The van der Waals surface area contributed by atoms with Crippen molar-refractivity contribution in [3.8, 4) is 0 Å². The average Bonchev–Trinajstić information content (AvgIpc) is 2.80. The van der Waals surface area contributed by atoms with Crippen molar-refractivity contribution in [2.45, 2.75) is 38.1 Å². The summed E-state index contributed by atoms with van der Waals surface area (Å²) in [6.07, 6.45) is -2.34. The summed E-state index contributed by atoms with van der Waals surface area (Å²) in [6.45, 7) is 1.12. The molecule has 2 aromatic heterocycles. The van der Waals surface area contributed by atoms with E-state index in [1.54, 1.807) is 6.92 Å². The first-order chi connectivity index (χ1) is 11.6. The molecule has 3 heterocycles. The number of pyridine rings is 1. The van der Waals surface area contributed by atoms with Gasteiger partial charge in [0.1, 0.15) is 12.2 Å². The number of alkyl halides is 3. The van der Waals surface area contributed by atoms with Crippen LogP contribution in [0.4, 0.5) is 19.0 Å². The van der Waals surface area contributed by atoms with Crippen LogP contribution in [0.2, 0.25) is 0 Å². The number of carbonyl (C=O) groups is 1. The Balaban J connectivity index is 1.90. The van der Waals surface area contributed by atoms with E-state index < -0.39 is 24.2 Å². The highest BCUT2D eigenvalue weighted by molar-refractivity contribution is 5.97. The van der Waals surface area contributed by atoms with Gasteiger partial charge in [0.15, 0.2) is 5.82 Å². The van der Waals surface area contributed by atoms with E-state index in [9.17, 15) is 23.1 Å². The Bertz CT molecular complexity index is 805. The molecule has 0 spiro atoms. The molecule has 136 valence electrons. The van der Waals surface area contributed by atoms with E-state index in [-0.39, 0.29) is 22.4 Å². The van der Waals surface area contributed by atoms with E-state index in [0.29, 0.717) is 25.9 Å². The summed E-state index contributed by atoms with van der Waals surface area (Å²) in [5.41, 5.74) is 4.95. The first-order valence-corrected chi connectivity index (χ1v) is 7.76. The zero-order valence-corrected chi connectivity index (χ0v) is 13.5. The Morgan fingerprint density at radius 2 is 2.04 bits per heavy atom. The quantitative estimate of drug-likeness (QED) is 0.850. The van der Waals surface area contributed by atoms with E-state index >= 15 is 0 Å². The number of rotatable bonds is 2. The highest BCUT2D eigenvalue weighted by atomic mass is 19.4. The van der Waals surface area contributed by atoms with Gasteiger partial charge in [0.25, 0.3) is 5.91 Å². The molecular weight excluding hydrogens is 339 g/mol. The lowest BCUT2D eigenvalue weighted by Gasteiger charge is -2.35. The Morgan fingerprint density at radius 1 is 1.40 bits per heavy atom. The van der Waals surface area contributed by atoms with Crippen LogP contribution < -0.4 is 5.73 Å². The van der Waals surface area contributed by atoms with E-state index in [0.717, 1.165) is 4.68 Å². The molecule has 3 N–H and O–H groups in total. The fourth-order valence-corrected chi connectivity index (χ4v) is 2.85. The summed E-state index contributed by atoms with van der Waals surface area (Å²) in [7, 11) is 0. The van der Waals surface area contributed by atoms with Crippen LogP contribution in [0, 0.1) is 0 Å². The van der Waals surface area contributed by atoms with Crippen LogP contribution in [0.5, 0.6) is 0 Å². The molecular formula is C15H18F3N5O2. The number of nitrogens with zero attached hydrogens (tertiary/aromatic N) is 4. The number of hydrogen-bond acceptors (Lipinski definition) is 5. The first kappa shape index (κ1) is 17.5. The molecule has 0 aliphatic carbocycles. The lowest BCUT2D eigenvalue weighted by molar-refractivity contribution is -0.141. The third-order valence-corrected chi connectivity index (χ3v) is 4.34. The molecule has 0 radical (unpaired) electrons. The minimum absolute atomic E-state index is 0.0253. The molecule has 0 atom stereocenters. The molecule has 10 heteroatoms. The predicted molar refractivity (Wildman–Crippen MR) is 83.8 cm³/mol. The second-order valence-corrected chi connectivity index (χ2v) is 6.53. The van der Waals surface area contributed by atoms with Gasteiger partial charge < -0.3 is 15.7 Å². The maximum Gasteiger partial charge on any atom is 0.408 e. The van der Waals surface area contributed by atoms with Gasteiger partial charge >= 0.3 is 6.18 Å². The smallest absolute Gasteiger partial charge is 0.390 e. The number of aliphatic hydroxyl groups is 1. The van der Waals surface area contributed by atoms with Crippen molar-refractivity contribution in [3.63, 3.8) is 0 Å². The van der Waals surface area contributed by atoms with Crippen molar-refractivity contribution in [2.24, 2.45) is 0 Å². The Hall–Kier alpha value is -2.36. The molecule has 1 amide bonds. The van der Waals surface area contributed by atoms with Gasteiger partial charge in [-0.25, -0.2) is 0 Å². The molecule has 3 rings (SSSR count). The predicted octanol–water partition coefficient (Wildman–Crippen LogP) is 1.56. The summed E-state index contributed by atoms with van der Waals surface area (Å²) < 4.78 is 38.8. The third-order valence-electron chi connectivity index (χ3n) is 4.34. The van der Waals surface area contributed by atoms with Gasteiger partial charge in [0.05, 0.1) is 16.5 Å². The van der Waals surface area contributed by atoms with Gasteiger partial charge in [-0.3, -0.25) is 14.5 Å². The topological polar surface area (TPSA) is 97.3 Å². The molecule has 1 aliphatic rings. The van der Waals surface area contributed by atoms with Crippen LogP contribution in [0.15, 0.2) is 12.3 Å². The number of hydrogen-bond donors (Lipinski definition) is 2. The summed E-state index contributed by atoms with van der Waals surface area (Å²) in [5, 5.41) is 13.9. The standard InChI is InChI=1S/C15H18F3N5O2/c1-14(25)2-4-22(5-3-14)13(24)10-6-11-9(7-20-10)12(19)21-23(11)8-15(16,17)18/h6-7,25H,2-5,8H2,1H3,(H2,19,21). The molecule has 1 saturated heterocycles. The first-order valence-electron chi connectivity index (χ1n) is 7.76. The third kappa shape index (κ3) is 3.68. The maximum atomic E-state index is 12.7. The minimum Gasteiger partial charge on any atom is -0.390 e. The summed E-state index contributed by atoms with van der Waals surface area (Å²) in [4.78, 5) is 18.1. The van der Waals surface area contributed by atoms with Crippen molar-refractivity contribution in [3.05, 3.63) is 18.0 Å². The number of nitrogen functional groups attached to an aromatic ring is 1. The second kappa shape index (κ2) is 5.87. The van der Waals surface area contributed by atoms with E-state index in [2.05, 4.69) is 10.1 Å². The number of nitrogens with two attached hydrogens (primary N) is 1. The van der Waals surface area contributed by atoms with Crippen LogP contribution in [0.3, 0.4) is 0 Å². The number of likely N-dealkylation sites (tertiary alicyclic amines) is 1. The highest BCUT2D eigenvalue weighted by Crippen LogP contribution is 2.26. The number of halogens is 3. The van der Waals surface area contributed by atoms with Crippen molar-refractivity contribution in [1.29, 1.82) is 0 Å². The molecule has 7 nitrogen and oxygen atoms in total. The number of anilines is 1. The van der Waals surface area contributed by atoms with Crippen LogP contribution in [0.1, 0.15) is 30.3 Å². The van der Waals surface area contributed by atoms with Crippen LogP contribution in [-0.4, -0.2) is 55.5 Å². The average molecular weight is 357 g/mol. The highest BCUT2D eigenvalue weighted by Gasteiger charge is 2.32. The van der Waals surface area contributed by atoms with Crippen LogP contribution in [0.25, 0.3) is 10.9 Å². The minimum atomic E-state index is -4.46. The lowest BCUT2D eigenvalue weighted by atomic mass is 9.94. The Labute approximate surface area is 141 Å². The van der Waals surface area contributed by atoms with E-state index in [1.165, 1.54) is 17.2 Å². The number of aromatic nitrogens is 3. The van der Waals surface area contributed by atoms with Gasteiger partial charge in [-0.2, -0.15) is 18.3 Å². The Kier molecular flexibility index (Phi) is 4.10. The van der Waals surface area contributed by atoms with Crippen LogP contribution in [-0.2, 0) is 6.54 Å². The van der Waals surface area contributed by atoms with E-state index in [4.69, 9.17) is 5.73 Å². The van der Waals surface area contributed by atoms with Gasteiger partial charge in [-0.15, -0.1) is 0 Å². The summed E-state index contributed by atoms with van der Waals surface area (Å²) in [6, 6.07) is 1.28. The van der Waals surface area contributed by atoms with Gasteiger partial charge in [0.2, 0.25) is 0 Å². The number of carbonyl (C=O) groups excluding carboxylic acids is 1. The SMILES string of the molecule is CC1(O)CCN(C(=O)c2cc3c(cn2)c(N)nn3CC(F)(F)F)CC1. The fourth-order valence-electron chi connectivity index (χ4n) is 2.85. The summed E-state index contributed by atoms with van der Waals surface area (Å²) >= 11 is 0. The van der Waals surface area contributed by atoms with Crippen molar-refractivity contribution >= 4 is 22.6 Å². The normalized spacial score (nSPS) is 17.9. The molecule has 1 aliphatic heterocycles. The second-order valence-electron chi connectivity index (χ2n) is 6.53. The number of amides is 1. The molecule has 1 fully saturated rings. The van der Waals surface area contributed by atoms with Gasteiger partial charge in [0, 0.05) is 19.3 Å². The van der Waals surface area contributed by atoms with Crippen molar-refractivity contribution in [2.75, 3.05) is 18.8 Å². The van der Waals surface area contributed by atoms with Crippen molar-refractivity contribution in [1.82, 2.24) is 19.7 Å². The Morgan fingerprint density at radius 3 is 2.64 bits per heavy atom. The fraction of sp³-hybridized carbons (Fsp3) is 0.533. The van der Waals surface area contributed by atoms with Crippen molar-refractivity contribution < 1.29 is 23.1 Å². The zero-order valence-electron chi connectivity index (χ0n) is 13.5. The van der Waals surface area contributed by atoms with E-state index in [1.807, 2.05) is 0 Å². The molecule has 2 aromatic rings. The number of piperidine rings is 1. The molecule has 0 saturated carbocycles. The molecule has 0 unspecified atom stereocenters. The van der Waals surface area contributed by atoms with Gasteiger partial charge in [-0.1, -0.05) is 0 Å². The monoisotopic (exact) mass is 357 g/mol. The zero-order chi connectivity index (χ0) is 18.4. The summed E-state index contributed by atoms with van der Waals surface area (Å²) in [5.74, 6) is -0.463. The molecule has 25 heavy (non-hydrogen) atoms. The number of fused-ring (bicyclic) bond motifs is 1. The lowest BCUT2D eigenvalue weighted by Crippen LogP contribution is -2.45. The largest absolute Gasteiger partial charge is 0.408 e. The maximum absolute atomic E-state index is 12.7. The van der Waals surface area contributed by atoms with Crippen LogP contribution >= 0.6 is 0 Å². The molecule has 0 bridgehead atoms. The molecule has 0 aromatic carbocycles. The van der Waals surface area contributed by atoms with Gasteiger partial charge in [-0.05, 0) is 25.8 Å².